The van der Waals surface area contributed by atoms with E-state index in [0.29, 0.717) is 13.1 Å². The highest BCUT2D eigenvalue weighted by Gasteiger charge is 2.27. The molecule has 1 rings (SSSR count). The van der Waals surface area contributed by atoms with Crippen molar-refractivity contribution in [1.29, 1.82) is 0 Å². The van der Waals surface area contributed by atoms with Crippen LogP contribution in [0.2, 0.25) is 0 Å². The Kier molecular flexibility index (Phi) is 5.10. The second kappa shape index (κ2) is 6.15. The van der Waals surface area contributed by atoms with Gasteiger partial charge in [-0.15, -0.1) is 0 Å². The summed E-state index contributed by atoms with van der Waals surface area (Å²) < 4.78 is 5.56. The third-order valence-corrected chi connectivity index (χ3v) is 3.18. The molecule has 0 unspecified atom stereocenters. The molecule has 1 fully saturated rings. The van der Waals surface area contributed by atoms with E-state index in [1.54, 1.807) is 18.9 Å². The Hall–Kier alpha value is -1.14. The second-order valence-electron chi connectivity index (χ2n) is 4.99. The number of nitrogens with zero attached hydrogens (tertiary/aromatic N) is 2. The Morgan fingerprint density at radius 2 is 1.89 bits per heavy atom. The van der Waals surface area contributed by atoms with Crippen LogP contribution in [0.3, 0.4) is 0 Å². The van der Waals surface area contributed by atoms with Crippen LogP contribution in [-0.2, 0) is 14.3 Å². The van der Waals surface area contributed by atoms with Crippen LogP contribution in [0, 0.1) is 0 Å². The molecule has 0 aromatic rings. The molecule has 18 heavy (non-hydrogen) atoms. The minimum Gasteiger partial charge on any atom is -0.480 e. The maximum atomic E-state index is 12.1. The summed E-state index contributed by atoms with van der Waals surface area (Å²) in [6, 6.07) is -0.662. The SMILES string of the molecule is C[C@@H]1CN(C(=O)CN(C)[C@H](C)C(=O)O)C[C@@H](C)O1. The third-order valence-electron chi connectivity index (χ3n) is 3.18. The number of carbonyl (C=O) groups is 2. The largest absolute Gasteiger partial charge is 0.480 e. The van der Waals surface area contributed by atoms with Gasteiger partial charge in [-0.1, -0.05) is 0 Å². The fourth-order valence-electron chi connectivity index (χ4n) is 2.02. The summed E-state index contributed by atoms with van der Waals surface area (Å²) in [7, 11) is 1.64. The van der Waals surface area contributed by atoms with E-state index >= 15 is 0 Å². The first kappa shape index (κ1) is 14.9. The summed E-state index contributed by atoms with van der Waals surface area (Å²) >= 11 is 0. The van der Waals surface area contributed by atoms with Crippen molar-refractivity contribution in [2.75, 3.05) is 26.7 Å². The van der Waals surface area contributed by atoms with Gasteiger partial charge in [0, 0.05) is 13.1 Å². The zero-order valence-electron chi connectivity index (χ0n) is 11.4. The fraction of sp³-hybridized carbons (Fsp3) is 0.833. The Balaban J connectivity index is 2.52. The number of likely N-dealkylation sites (N-methyl/N-ethyl adjacent to an activating group) is 1. The van der Waals surface area contributed by atoms with Crippen LogP contribution in [0.5, 0.6) is 0 Å². The first-order valence-corrected chi connectivity index (χ1v) is 6.17. The molecule has 0 bridgehead atoms. The van der Waals surface area contributed by atoms with Gasteiger partial charge in [-0.3, -0.25) is 14.5 Å². The third kappa shape index (κ3) is 3.96. The quantitative estimate of drug-likeness (QED) is 0.770. The molecule has 0 aliphatic carbocycles. The molecule has 0 radical (unpaired) electrons. The molecule has 1 saturated heterocycles. The summed E-state index contributed by atoms with van der Waals surface area (Å²) in [6.07, 6.45) is 0.0554. The number of hydrogen-bond donors (Lipinski definition) is 1. The number of carbonyl (C=O) groups excluding carboxylic acids is 1. The summed E-state index contributed by atoms with van der Waals surface area (Å²) in [5.74, 6) is -0.971. The number of carboxylic acid groups (broad SMARTS) is 1. The van der Waals surface area contributed by atoms with Gasteiger partial charge in [-0.25, -0.2) is 0 Å². The van der Waals surface area contributed by atoms with Crippen LogP contribution < -0.4 is 0 Å². The average Bonchev–Trinajstić information content (AvgIpc) is 2.26. The lowest BCUT2D eigenvalue weighted by Crippen LogP contribution is -2.52. The molecule has 0 aromatic heterocycles. The van der Waals surface area contributed by atoms with Crippen LogP contribution in [0.15, 0.2) is 0 Å². The highest BCUT2D eigenvalue weighted by molar-refractivity contribution is 5.80. The smallest absolute Gasteiger partial charge is 0.320 e. The van der Waals surface area contributed by atoms with Gasteiger partial charge in [0.05, 0.1) is 18.8 Å². The Morgan fingerprint density at radius 1 is 1.39 bits per heavy atom. The Labute approximate surface area is 107 Å². The molecule has 0 aromatic carbocycles. The first-order chi connectivity index (χ1) is 8.31. The van der Waals surface area contributed by atoms with Crippen LogP contribution in [-0.4, -0.2) is 71.7 Å². The normalized spacial score (nSPS) is 26.2. The molecular formula is C12H22N2O4. The number of aliphatic carboxylic acids is 1. The van der Waals surface area contributed by atoms with Gasteiger partial charge in [-0.2, -0.15) is 0 Å². The molecule has 104 valence electrons. The van der Waals surface area contributed by atoms with Crippen LogP contribution in [0.1, 0.15) is 20.8 Å². The summed E-state index contributed by atoms with van der Waals surface area (Å²) in [5, 5.41) is 8.87. The molecule has 6 heteroatoms. The molecule has 1 amide bonds. The average molecular weight is 258 g/mol. The maximum Gasteiger partial charge on any atom is 0.320 e. The zero-order chi connectivity index (χ0) is 13.9. The van der Waals surface area contributed by atoms with E-state index in [0.717, 1.165) is 0 Å². The Morgan fingerprint density at radius 3 is 2.33 bits per heavy atom. The minimum atomic E-state index is -0.922. The predicted octanol–water partition coefficient (Wildman–Crippen LogP) is 0.0271. The second-order valence-corrected chi connectivity index (χ2v) is 4.99. The van der Waals surface area contributed by atoms with Crippen molar-refractivity contribution < 1.29 is 19.4 Å². The molecule has 1 N–H and O–H groups in total. The number of rotatable bonds is 4. The molecule has 0 saturated carbocycles. The van der Waals surface area contributed by atoms with Crippen molar-refractivity contribution in [1.82, 2.24) is 9.80 Å². The van der Waals surface area contributed by atoms with Crippen LogP contribution in [0.4, 0.5) is 0 Å². The van der Waals surface area contributed by atoms with E-state index in [1.165, 1.54) is 4.90 Å². The van der Waals surface area contributed by atoms with Gasteiger partial charge in [0.1, 0.15) is 6.04 Å². The van der Waals surface area contributed by atoms with E-state index in [1.807, 2.05) is 13.8 Å². The van der Waals surface area contributed by atoms with Crippen molar-refractivity contribution in [3.63, 3.8) is 0 Å². The molecule has 3 atom stereocenters. The van der Waals surface area contributed by atoms with E-state index < -0.39 is 12.0 Å². The van der Waals surface area contributed by atoms with Gasteiger partial charge in [0.15, 0.2) is 0 Å². The van der Waals surface area contributed by atoms with Crippen molar-refractivity contribution in [3.05, 3.63) is 0 Å². The highest BCUT2D eigenvalue weighted by Crippen LogP contribution is 2.11. The van der Waals surface area contributed by atoms with E-state index in [2.05, 4.69) is 0 Å². The van der Waals surface area contributed by atoms with Gasteiger partial charge in [0.25, 0.3) is 0 Å². The highest BCUT2D eigenvalue weighted by atomic mass is 16.5. The molecule has 1 aliphatic rings. The number of carboxylic acids is 1. The fourth-order valence-corrected chi connectivity index (χ4v) is 2.02. The Bertz CT molecular complexity index is 311. The number of hydrogen-bond acceptors (Lipinski definition) is 4. The van der Waals surface area contributed by atoms with Gasteiger partial charge >= 0.3 is 5.97 Å². The van der Waals surface area contributed by atoms with Crippen molar-refractivity contribution >= 4 is 11.9 Å². The topological polar surface area (TPSA) is 70.1 Å². The van der Waals surface area contributed by atoms with Crippen molar-refractivity contribution in [2.24, 2.45) is 0 Å². The molecule has 6 nitrogen and oxygen atoms in total. The zero-order valence-corrected chi connectivity index (χ0v) is 11.4. The van der Waals surface area contributed by atoms with E-state index in [-0.39, 0.29) is 24.7 Å². The van der Waals surface area contributed by atoms with Gasteiger partial charge in [0.2, 0.25) is 5.91 Å². The summed E-state index contributed by atoms with van der Waals surface area (Å²) in [4.78, 5) is 26.2. The lowest BCUT2D eigenvalue weighted by atomic mass is 10.2. The van der Waals surface area contributed by atoms with Crippen molar-refractivity contribution in [2.45, 2.75) is 39.0 Å². The predicted molar refractivity (Wildman–Crippen MR) is 66.3 cm³/mol. The monoisotopic (exact) mass is 258 g/mol. The lowest BCUT2D eigenvalue weighted by Gasteiger charge is -2.36. The number of amides is 1. The minimum absolute atomic E-state index is 0.0277. The van der Waals surface area contributed by atoms with E-state index in [4.69, 9.17) is 9.84 Å². The standard InChI is InChI=1S/C12H22N2O4/c1-8-5-14(6-9(2)18-8)11(15)7-13(4)10(3)12(16)17/h8-10H,5-7H2,1-4H3,(H,16,17)/t8-,9-,10-/m1/s1. The molecule has 1 heterocycles. The van der Waals surface area contributed by atoms with Crippen molar-refractivity contribution in [3.8, 4) is 0 Å². The summed E-state index contributed by atoms with van der Waals surface area (Å²) in [6.45, 7) is 6.68. The van der Waals surface area contributed by atoms with Gasteiger partial charge < -0.3 is 14.7 Å². The van der Waals surface area contributed by atoms with E-state index in [9.17, 15) is 9.59 Å². The summed E-state index contributed by atoms with van der Waals surface area (Å²) in [5.41, 5.74) is 0. The maximum absolute atomic E-state index is 12.1. The molecular weight excluding hydrogens is 236 g/mol. The lowest BCUT2D eigenvalue weighted by molar-refractivity contribution is -0.147. The first-order valence-electron chi connectivity index (χ1n) is 6.17. The van der Waals surface area contributed by atoms with Crippen LogP contribution >= 0.6 is 0 Å². The molecule has 1 aliphatic heterocycles. The van der Waals surface area contributed by atoms with Gasteiger partial charge in [-0.05, 0) is 27.8 Å². The number of ether oxygens (including phenoxy) is 1. The number of morpholine rings is 1. The van der Waals surface area contributed by atoms with Crippen LogP contribution in [0.25, 0.3) is 0 Å². The molecule has 0 spiro atoms.